The number of hydrogen-bond acceptors (Lipinski definition) is 7. The molecule has 1 N–H and O–H groups in total. The smallest absolute Gasteiger partial charge is 0.255 e. The molecule has 1 aromatic carbocycles. The maximum absolute atomic E-state index is 13.8. The van der Waals surface area contributed by atoms with Crippen molar-refractivity contribution in [1.82, 2.24) is 29.6 Å². The first-order chi connectivity index (χ1) is 18.1. The van der Waals surface area contributed by atoms with Crippen LogP contribution in [0.4, 0.5) is 4.39 Å². The van der Waals surface area contributed by atoms with Gasteiger partial charge >= 0.3 is 0 Å². The van der Waals surface area contributed by atoms with Gasteiger partial charge in [0.25, 0.3) is 5.91 Å². The molecule has 0 spiro atoms. The highest BCUT2D eigenvalue weighted by Gasteiger charge is 2.22. The van der Waals surface area contributed by atoms with Gasteiger partial charge in [-0.25, -0.2) is 14.4 Å². The van der Waals surface area contributed by atoms with E-state index in [0.717, 1.165) is 11.4 Å². The number of halogens is 1. The van der Waals surface area contributed by atoms with E-state index in [-0.39, 0.29) is 37.7 Å². The van der Waals surface area contributed by atoms with Crippen LogP contribution in [0.1, 0.15) is 17.3 Å². The Morgan fingerprint density at radius 2 is 2.08 bits per heavy atom. The molecule has 0 fully saturated rings. The molecular formula is C26H32FN7O3Si. The van der Waals surface area contributed by atoms with E-state index in [0.29, 0.717) is 40.2 Å². The first-order valence-electron chi connectivity index (χ1n) is 12.4. The average Bonchev–Trinajstić information content (AvgIpc) is 3.38. The van der Waals surface area contributed by atoms with Gasteiger partial charge in [0.2, 0.25) is 0 Å². The monoisotopic (exact) mass is 537 g/mol. The van der Waals surface area contributed by atoms with Gasteiger partial charge in [-0.1, -0.05) is 19.6 Å². The van der Waals surface area contributed by atoms with Crippen molar-refractivity contribution in [3.63, 3.8) is 0 Å². The van der Waals surface area contributed by atoms with E-state index in [2.05, 4.69) is 35.0 Å². The van der Waals surface area contributed by atoms with Crippen LogP contribution in [-0.4, -0.2) is 64.2 Å². The molecule has 4 aromatic rings. The lowest BCUT2D eigenvalue weighted by Gasteiger charge is -2.15. The maximum atomic E-state index is 13.8. The Balaban J connectivity index is 1.69. The SMILES string of the molecule is C[C@@H](COCC#N)NC(=O)c1cn(COCC[Si](C)(C)C)c2ncc(-c3nn(C)c4cc(F)ccc34)nc12. The standard InChI is InChI=1S/C26H32FN7O3Si/c1-17(15-36-9-8-28)30-26(35)20-14-34(16-37-10-11-38(3,4)5)25-24(20)31-21(13-29-25)23-19-7-6-18(27)12-22(19)33(2)32-23/h6-7,12-14,17H,9-11,15-16H2,1-5H3,(H,30,35)/t17-/m0/s1. The Morgan fingerprint density at radius 3 is 2.82 bits per heavy atom. The molecule has 3 heterocycles. The van der Waals surface area contributed by atoms with Crippen LogP contribution >= 0.6 is 0 Å². The van der Waals surface area contributed by atoms with Crippen molar-refractivity contribution in [2.45, 2.75) is 45.4 Å². The molecule has 3 aromatic heterocycles. The normalized spacial score (nSPS) is 12.7. The number of benzene rings is 1. The number of aromatic nitrogens is 5. The van der Waals surface area contributed by atoms with E-state index in [1.807, 2.05) is 6.07 Å². The fourth-order valence-electron chi connectivity index (χ4n) is 4.02. The fourth-order valence-corrected chi connectivity index (χ4v) is 4.77. The van der Waals surface area contributed by atoms with Crippen LogP contribution in [0.3, 0.4) is 0 Å². The molecule has 1 atom stereocenters. The Bertz CT molecular complexity index is 1500. The van der Waals surface area contributed by atoms with Gasteiger partial charge in [-0.05, 0) is 31.2 Å². The number of nitrogens with one attached hydrogen (secondary N) is 1. The number of fused-ring (bicyclic) bond motifs is 2. The summed E-state index contributed by atoms with van der Waals surface area (Å²) < 4.78 is 28.3. The van der Waals surface area contributed by atoms with Gasteiger partial charge < -0.3 is 19.4 Å². The Hall–Kier alpha value is -3.66. The van der Waals surface area contributed by atoms with E-state index in [9.17, 15) is 9.18 Å². The summed E-state index contributed by atoms with van der Waals surface area (Å²) in [5.74, 6) is -0.699. The number of nitriles is 1. The minimum Gasteiger partial charge on any atom is -0.364 e. The number of hydrogen-bond donors (Lipinski definition) is 1. The molecule has 0 unspecified atom stereocenters. The summed E-state index contributed by atoms with van der Waals surface area (Å²) >= 11 is 0. The lowest BCUT2D eigenvalue weighted by Crippen LogP contribution is -2.36. The first kappa shape index (κ1) is 27.4. The summed E-state index contributed by atoms with van der Waals surface area (Å²) in [7, 11) is 0.482. The highest BCUT2D eigenvalue weighted by atomic mass is 28.3. The minimum atomic E-state index is -1.25. The van der Waals surface area contributed by atoms with Crippen molar-refractivity contribution in [3.05, 3.63) is 42.0 Å². The third-order valence-electron chi connectivity index (χ3n) is 6.00. The summed E-state index contributed by atoms with van der Waals surface area (Å²) in [4.78, 5) is 22.7. The van der Waals surface area contributed by atoms with Crippen LogP contribution in [0.2, 0.25) is 25.7 Å². The van der Waals surface area contributed by atoms with Crippen LogP contribution in [0.15, 0.2) is 30.6 Å². The second kappa shape index (κ2) is 11.4. The van der Waals surface area contributed by atoms with Crippen molar-refractivity contribution >= 4 is 36.0 Å². The second-order valence-corrected chi connectivity index (χ2v) is 16.1. The molecule has 0 saturated heterocycles. The predicted octanol–water partition coefficient (Wildman–Crippen LogP) is 4.09. The zero-order valence-corrected chi connectivity index (χ0v) is 23.3. The molecule has 0 bridgehead atoms. The number of amides is 1. The summed E-state index contributed by atoms with van der Waals surface area (Å²) in [6.07, 6.45) is 3.29. The van der Waals surface area contributed by atoms with Gasteiger partial charge in [0.05, 0.1) is 30.0 Å². The highest BCUT2D eigenvalue weighted by molar-refractivity contribution is 6.76. The third-order valence-corrected chi connectivity index (χ3v) is 7.71. The predicted molar refractivity (Wildman–Crippen MR) is 145 cm³/mol. The van der Waals surface area contributed by atoms with Crippen molar-refractivity contribution in [2.75, 3.05) is 19.8 Å². The van der Waals surface area contributed by atoms with Gasteiger partial charge in [-0.15, -0.1) is 0 Å². The lowest BCUT2D eigenvalue weighted by molar-refractivity contribution is 0.0873. The van der Waals surface area contributed by atoms with Gasteiger partial charge in [-0.2, -0.15) is 10.4 Å². The number of ether oxygens (including phenoxy) is 2. The zero-order valence-electron chi connectivity index (χ0n) is 22.3. The zero-order chi connectivity index (χ0) is 27.4. The van der Waals surface area contributed by atoms with E-state index in [1.165, 1.54) is 12.1 Å². The van der Waals surface area contributed by atoms with Gasteiger partial charge in [0.15, 0.2) is 5.65 Å². The molecule has 1 amide bonds. The lowest BCUT2D eigenvalue weighted by atomic mass is 10.1. The molecule has 0 aliphatic heterocycles. The maximum Gasteiger partial charge on any atom is 0.255 e. The van der Waals surface area contributed by atoms with Crippen molar-refractivity contribution in [1.29, 1.82) is 5.26 Å². The summed E-state index contributed by atoms with van der Waals surface area (Å²) in [6, 6.07) is 7.06. The Labute approximate surface area is 221 Å². The van der Waals surface area contributed by atoms with Crippen LogP contribution in [0, 0.1) is 17.1 Å². The Kier molecular flexibility index (Phi) is 8.20. The van der Waals surface area contributed by atoms with Gasteiger partial charge in [-0.3, -0.25) is 9.48 Å². The van der Waals surface area contributed by atoms with Crippen molar-refractivity contribution < 1.29 is 18.7 Å². The number of carbonyl (C=O) groups is 1. The molecule has 10 nitrogen and oxygen atoms in total. The fraction of sp³-hybridized carbons (Fsp3) is 0.423. The molecule has 0 aliphatic rings. The number of carbonyl (C=O) groups excluding carboxylic acids is 1. The minimum absolute atomic E-state index is 0.0505. The average molecular weight is 538 g/mol. The van der Waals surface area contributed by atoms with E-state index >= 15 is 0 Å². The van der Waals surface area contributed by atoms with E-state index in [4.69, 9.17) is 19.7 Å². The highest BCUT2D eigenvalue weighted by Crippen LogP contribution is 2.29. The summed E-state index contributed by atoms with van der Waals surface area (Å²) in [5.41, 5.74) is 2.87. The molecule has 12 heteroatoms. The topological polar surface area (TPSA) is 120 Å². The van der Waals surface area contributed by atoms with Crippen molar-refractivity contribution in [3.8, 4) is 17.5 Å². The third kappa shape index (κ3) is 6.24. The molecule has 38 heavy (non-hydrogen) atoms. The van der Waals surface area contributed by atoms with Gasteiger partial charge in [0, 0.05) is 39.4 Å². The van der Waals surface area contributed by atoms with Crippen LogP contribution < -0.4 is 5.32 Å². The molecule has 0 aliphatic carbocycles. The number of rotatable bonds is 11. The number of nitrogens with zero attached hydrogens (tertiary/aromatic N) is 6. The van der Waals surface area contributed by atoms with Gasteiger partial charge in [0.1, 0.15) is 36.1 Å². The molecule has 0 radical (unpaired) electrons. The van der Waals surface area contributed by atoms with Crippen LogP contribution in [-0.2, 0) is 23.3 Å². The molecule has 200 valence electrons. The van der Waals surface area contributed by atoms with Crippen LogP contribution in [0.25, 0.3) is 33.5 Å². The largest absolute Gasteiger partial charge is 0.364 e. The van der Waals surface area contributed by atoms with Crippen molar-refractivity contribution in [2.24, 2.45) is 7.05 Å². The molecule has 4 rings (SSSR count). The number of aryl methyl sites for hydroxylation is 1. The van der Waals surface area contributed by atoms with E-state index in [1.54, 1.807) is 41.7 Å². The quantitative estimate of drug-likeness (QED) is 0.226. The second-order valence-electron chi connectivity index (χ2n) is 10.5. The van der Waals surface area contributed by atoms with E-state index < -0.39 is 8.07 Å². The molecular weight excluding hydrogens is 505 g/mol. The summed E-state index contributed by atoms with van der Waals surface area (Å²) in [5, 5.41) is 16.8. The Morgan fingerprint density at radius 1 is 1.29 bits per heavy atom. The first-order valence-corrected chi connectivity index (χ1v) is 16.1. The molecule has 0 saturated carbocycles. The summed E-state index contributed by atoms with van der Waals surface area (Å²) in [6.45, 7) is 9.65. The van der Waals surface area contributed by atoms with Crippen LogP contribution in [0.5, 0.6) is 0 Å².